The Morgan fingerprint density at radius 1 is 0.923 bits per heavy atom. The van der Waals surface area contributed by atoms with Crippen LogP contribution in [0.2, 0.25) is 0 Å². The molecule has 0 atom stereocenters. The molecule has 1 heterocycles. The quantitative estimate of drug-likeness (QED) is 0.678. The highest BCUT2D eigenvalue weighted by atomic mass is 32.2. The maximum atomic E-state index is 12.0. The number of hydrogen-bond donors (Lipinski definition) is 0. The summed E-state index contributed by atoms with van der Waals surface area (Å²) in [6, 6.07) is 0. The fraction of sp³-hybridized carbons (Fsp3) is 0.909. The number of rotatable bonds is 2. The average Bonchev–Trinajstić information content (AvgIpc) is 2.71. The number of carbonyl (C=O) groups excluding carboxylic acids is 1. The van der Waals surface area contributed by atoms with Crippen LogP contribution in [0.15, 0.2) is 0 Å². The standard InChI is InChI=1S/C11H18OS/c12-11(9-3-1-2-4-9)10-5-7-13-8-6-10/h9-10H,1-8H2. The number of carbonyl (C=O) groups is 1. The lowest BCUT2D eigenvalue weighted by molar-refractivity contribution is -0.126. The second-order valence-electron chi connectivity index (χ2n) is 4.27. The summed E-state index contributed by atoms with van der Waals surface area (Å²) < 4.78 is 0. The van der Waals surface area contributed by atoms with Crippen molar-refractivity contribution in [1.29, 1.82) is 0 Å². The highest BCUT2D eigenvalue weighted by molar-refractivity contribution is 7.99. The predicted molar refractivity (Wildman–Crippen MR) is 57.0 cm³/mol. The molecule has 0 spiro atoms. The zero-order chi connectivity index (χ0) is 9.10. The Morgan fingerprint density at radius 3 is 2.08 bits per heavy atom. The summed E-state index contributed by atoms with van der Waals surface area (Å²) in [5.74, 6) is 3.92. The van der Waals surface area contributed by atoms with Gasteiger partial charge in [0.15, 0.2) is 0 Å². The highest BCUT2D eigenvalue weighted by Gasteiger charge is 2.29. The molecule has 0 aromatic heterocycles. The van der Waals surface area contributed by atoms with Crippen molar-refractivity contribution < 1.29 is 4.79 Å². The molecule has 1 nitrogen and oxygen atoms in total. The van der Waals surface area contributed by atoms with Crippen LogP contribution in [0.5, 0.6) is 0 Å². The fourth-order valence-electron chi connectivity index (χ4n) is 2.53. The van der Waals surface area contributed by atoms with Crippen LogP contribution in [0.4, 0.5) is 0 Å². The number of thioether (sulfide) groups is 1. The molecule has 2 aliphatic rings. The first-order chi connectivity index (χ1) is 6.38. The van der Waals surface area contributed by atoms with Gasteiger partial charge in [0.1, 0.15) is 5.78 Å². The summed E-state index contributed by atoms with van der Waals surface area (Å²) in [7, 11) is 0. The van der Waals surface area contributed by atoms with Gasteiger partial charge in [0, 0.05) is 11.8 Å². The van der Waals surface area contributed by atoms with E-state index in [0.717, 1.165) is 12.8 Å². The monoisotopic (exact) mass is 198 g/mol. The van der Waals surface area contributed by atoms with Crippen molar-refractivity contribution in [3.05, 3.63) is 0 Å². The SMILES string of the molecule is O=C(C1CCCC1)C1CCSCC1. The van der Waals surface area contributed by atoms with Gasteiger partial charge in [-0.1, -0.05) is 12.8 Å². The summed E-state index contributed by atoms with van der Waals surface area (Å²) in [6.07, 6.45) is 7.25. The van der Waals surface area contributed by atoms with Crippen molar-refractivity contribution in [2.75, 3.05) is 11.5 Å². The molecule has 1 aliphatic heterocycles. The minimum atomic E-state index is 0.435. The third-order valence-electron chi connectivity index (χ3n) is 3.38. The Bertz CT molecular complexity index is 179. The Hall–Kier alpha value is 0.0200. The van der Waals surface area contributed by atoms with Crippen molar-refractivity contribution in [3.8, 4) is 0 Å². The lowest BCUT2D eigenvalue weighted by atomic mass is 9.88. The van der Waals surface area contributed by atoms with E-state index >= 15 is 0 Å². The van der Waals surface area contributed by atoms with E-state index in [1.807, 2.05) is 11.8 Å². The first kappa shape index (κ1) is 9.57. The molecule has 0 aromatic carbocycles. The highest BCUT2D eigenvalue weighted by Crippen LogP contribution is 2.32. The minimum absolute atomic E-state index is 0.435. The lowest BCUT2D eigenvalue weighted by Gasteiger charge is -2.22. The Morgan fingerprint density at radius 2 is 1.46 bits per heavy atom. The van der Waals surface area contributed by atoms with E-state index in [1.165, 1.54) is 37.2 Å². The van der Waals surface area contributed by atoms with Crippen LogP contribution in [-0.4, -0.2) is 17.3 Å². The second kappa shape index (κ2) is 4.50. The molecular formula is C11H18OS. The molecule has 74 valence electrons. The summed E-state index contributed by atoms with van der Waals surface area (Å²) >= 11 is 2.01. The van der Waals surface area contributed by atoms with Gasteiger partial charge in [0.05, 0.1) is 0 Å². The molecular weight excluding hydrogens is 180 g/mol. The van der Waals surface area contributed by atoms with Gasteiger partial charge in [-0.2, -0.15) is 11.8 Å². The molecule has 0 bridgehead atoms. The Kier molecular flexibility index (Phi) is 3.31. The summed E-state index contributed by atoms with van der Waals surface area (Å²) in [5, 5.41) is 0. The van der Waals surface area contributed by atoms with Gasteiger partial charge in [-0.3, -0.25) is 4.79 Å². The van der Waals surface area contributed by atoms with Crippen LogP contribution in [-0.2, 0) is 4.79 Å². The number of hydrogen-bond acceptors (Lipinski definition) is 2. The van der Waals surface area contributed by atoms with Crippen LogP contribution in [0, 0.1) is 11.8 Å². The van der Waals surface area contributed by atoms with E-state index in [0.29, 0.717) is 17.6 Å². The van der Waals surface area contributed by atoms with Crippen molar-refractivity contribution in [2.24, 2.45) is 11.8 Å². The zero-order valence-electron chi connectivity index (χ0n) is 8.13. The van der Waals surface area contributed by atoms with Crippen LogP contribution >= 0.6 is 11.8 Å². The largest absolute Gasteiger partial charge is 0.299 e. The maximum absolute atomic E-state index is 12.0. The molecule has 0 amide bonds. The van der Waals surface area contributed by atoms with Gasteiger partial charge in [0.25, 0.3) is 0 Å². The predicted octanol–water partition coefficient (Wildman–Crippen LogP) is 2.89. The minimum Gasteiger partial charge on any atom is -0.299 e. The lowest BCUT2D eigenvalue weighted by Crippen LogP contribution is -2.25. The van der Waals surface area contributed by atoms with Crippen LogP contribution in [0.25, 0.3) is 0 Å². The van der Waals surface area contributed by atoms with Crippen molar-refractivity contribution in [1.82, 2.24) is 0 Å². The van der Waals surface area contributed by atoms with Crippen LogP contribution < -0.4 is 0 Å². The molecule has 1 aliphatic carbocycles. The summed E-state index contributed by atoms with van der Waals surface area (Å²) in [5.41, 5.74) is 0. The first-order valence-corrected chi connectivity index (χ1v) is 6.65. The molecule has 0 radical (unpaired) electrons. The second-order valence-corrected chi connectivity index (χ2v) is 5.50. The molecule has 2 rings (SSSR count). The van der Waals surface area contributed by atoms with E-state index in [9.17, 15) is 4.79 Å². The molecule has 1 saturated carbocycles. The van der Waals surface area contributed by atoms with Crippen molar-refractivity contribution >= 4 is 17.5 Å². The summed E-state index contributed by atoms with van der Waals surface area (Å²) in [6.45, 7) is 0. The average molecular weight is 198 g/mol. The van der Waals surface area contributed by atoms with Gasteiger partial charge in [-0.25, -0.2) is 0 Å². The fourth-order valence-corrected chi connectivity index (χ4v) is 3.63. The Balaban J connectivity index is 1.87. The number of Topliss-reactive ketones (excluding diaryl/α,β-unsaturated/α-hetero) is 1. The zero-order valence-corrected chi connectivity index (χ0v) is 8.94. The van der Waals surface area contributed by atoms with Gasteiger partial charge in [-0.15, -0.1) is 0 Å². The molecule has 0 unspecified atom stereocenters. The van der Waals surface area contributed by atoms with E-state index in [4.69, 9.17) is 0 Å². The van der Waals surface area contributed by atoms with Crippen LogP contribution in [0.1, 0.15) is 38.5 Å². The van der Waals surface area contributed by atoms with Gasteiger partial charge in [0.2, 0.25) is 0 Å². The van der Waals surface area contributed by atoms with Gasteiger partial charge in [-0.05, 0) is 37.2 Å². The van der Waals surface area contributed by atoms with Gasteiger partial charge >= 0.3 is 0 Å². The number of ketones is 1. The van der Waals surface area contributed by atoms with E-state index < -0.39 is 0 Å². The topological polar surface area (TPSA) is 17.1 Å². The van der Waals surface area contributed by atoms with E-state index in [1.54, 1.807) is 0 Å². The molecule has 13 heavy (non-hydrogen) atoms. The first-order valence-electron chi connectivity index (χ1n) is 5.49. The molecule has 2 heteroatoms. The normalized spacial score (nSPS) is 26.5. The van der Waals surface area contributed by atoms with E-state index in [-0.39, 0.29) is 0 Å². The maximum Gasteiger partial charge on any atom is 0.139 e. The van der Waals surface area contributed by atoms with Crippen molar-refractivity contribution in [2.45, 2.75) is 38.5 Å². The van der Waals surface area contributed by atoms with Crippen molar-refractivity contribution in [3.63, 3.8) is 0 Å². The van der Waals surface area contributed by atoms with Gasteiger partial charge < -0.3 is 0 Å². The third kappa shape index (κ3) is 2.28. The molecule has 0 aromatic rings. The Labute approximate surface area is 84.7 Å². The molecule has 0 N–H and O–H groups in total. The molecule has 2 fully saturated rings. The van der Waals surface area contributed by atoms with E-state index in [2.05, 4.69) is 0 Å². The third-order valence-corrected chi connectivity index (χ3v) is 4.43. The van der Waals surface area contributed by atoms with Crippen LogP contribution in [0.3, 0.4) is 0 Å². The molecule has 1 saturated heterocycles. The smallest absolute Gasteiger partial charge is 0.139 e. The summed E-state index contributed by atoms with van der Waals surface area (Å²) in [4.78, 5) is 12.0.